The van der Waals surface area contributed by atoms with Crippen LogP contribution in [0.5, 0.6) is 0 Å². The van der Waals surface area contributed by atoms with E-state index in [0.29, 0.717) is 10.3 Å². The van der Waals surface area contributed by atoms with Gasteiger partial charge in [-0.1, -0.05) is 6.07 Å². The zero-order valence-corrected chi connectivity index (χ0v) is 12.8. The van der Waals surface area contributed by atoms with Crippen LogP contribution in [-0.4, -0.2) is 16.7 Å². The molecule has 0 aromatic carbocycles. The first-order chi connectivity index (χ1) is 9.60. The number of aromatic nitrogens is 1. The fraction of sp³-hybridized carbons (Fsp3) is 0.214. The molecule has 0 aliphatic carbocycles. The predicted octanol–water partition coefficient (Wildman–Crippen LogP) is 2.63. The summed E-state index contributed by atoms with van der Waals surface area (Å²) in [7, 11) is 0. The van der Waals surface area contributed by atoms with Gasteiger partial charge in [-0.15, -0.1) is 0 Å². The highest BCUT2D eigenvalue weighted by molar-refractivity contribution is 9.10. The minimum atomic E-state index is -0.851. The van der Waals surface area contributed by atoms with Crippen LogP contribution in [0, 0.1) is 0 Å². The summed E-state index contributed by atoms with van der Waals surface area (Å²) in [5.41, 5.74) is 0.720. The summed E-state index contributed by atoms with van der Waals surface area (Å²) in [5.74, 6) is -0.323. The minimum absolute atomic E-state index is 0.0557. The van der Waals surface area contributed by atoms with Crippen molar-refractivity contribution < 1.29 is 9.59 Å². The zero-order valence-electron chi connectivity index (χ0n) is 10.4. The van der Waals surface area contributed by atoms with Gasteiger partial charge in [-0.05, 0) is 50.5 Å². The summed E-state index contributed by atoms with van der Waals surface area (Å²) in [6.45, 7) is 0. The first-order valence-electron chi connectivity index (χ1n) is 6.08. The van der Waals surface area contributed by atoms with Gasteiger partial charge in [0.25, 0.3) is 0 Å². The summed E-state index contributed by atoms with van der Waals surface area (Å²) in [6, 6.07) is 7.43. The number of nitrogens with zero attached hydrogens (tertiary/aromatic N) is 1. The number of ketones is 1. The van der Waals surface area contributed by atoms with E-state index in [0.717, 1.165) is 5.56 Å². The topological polar surface area (TPSA) is 59.1 Å². The highest BCUT2D eigenvalue weighted by atomic mass is 79.9. The molecule has 20 heavy (non-hydrogen) atoms. The largest absolute Gasteiger partial charge is 0.340 e. The van der Waals surface area contributed by atoms with Gasteiger partial charge in [0.2, 0.25) is 5.91 Å². The van der Waals surface area contributed by atoms with E-state index in [9.17, 15) is 9.59 Å². The molecular weight excluding hydrogens is 340 g/mol. The standard InChI is InChI=1S/C14H11BrN2O2S/c15-12-3-1-2-11(16-12)14(9-4-5-20-8-9)7-10(18)6-13(19)17-14/h1-5,8H,6-7H2,(H,17,19)/t14-/m0/s1. The summed E-state index contributed by atoms with van der Waals surface area (Å²) in [4.78, 5) is 28.3. The molecule has 1 atom stereocenters. The van der Waals surface area contributed by atoms with Gasteiger partial charge in [0, 0.05) is 6.42 Å². The van der Waals surface area contributed by atoms with Gasteiger partial charge in [-0.25, -0.2) is 4.98 Å². The Morgan fingerprint density at radius 1 is 1.30 bits per heavy atom. The lowest BCUT2D eigenvalue weighted by atomic mass is 9.80. The Balaban J connectivity index is 2.18. The molecule has 2 aromatic rings. The van der Waals surface area contributed by atoms with Gasteiger partial charge < -0.3 is 5.32 Å². The normalized spacial score (nSPS) is 22.6. The van der Waals surface area contributed by atoms with E-state index < -0.39 is 5.54 Å². The number of piperidine rings is 1. The Hall–Kier alpha value is -1.53. The third kappa shape index (κ3) is 2.29. The van der Waals surface area contributed by atoms with E-state index in [1.165, 1.54) is 11.3 Å². The van der Waals surface area contributed by atoms with E-state index >= 15 is 0 Å². The van der Waals surface area contributed by atoms with Crippen molar-refractivity contribution in [3.05, 3.63) is 50.9 Å². The Kier molecular flexibility index (Phi) is 3.43. The molecule has 1 amide bonds. The number of nitrogens with one attached hydrogen (secondary N) is 1. The molecule has 1 fully saturated rings. The predicted molar refractivity (Wildman–Crippen MR) is 79.4 cm³/mol. The monoisotopic (exact) mass is 350 g/mol. The van der Waals surface area contributed by atoms with Crippen molar-refractivity contribution in [1.29, 1.82) is 0 Å². The number of pyridine rings is 1. The van der Waals surface area contributed by atoms with Crippen molar-refractivity contribution in [3.8, 4) is 0 Å². The molecule has 1 N–H and O–H groups in total. The van der Waals surface area contributed by atoms with Crippen LogP contribution in [0.4, 0.5) is 0 Å². The molecule has 0 bridgehead atoms. The Morgan fingerprint density at radius 3 is 2.80 bits per heavy atom. The highest BCUT2D eigenvalue weighted by Crippen LogP contribution is 2.36. The van der Waals surface area contributed by atoms with E-state index in [1.54, 1.807) is 0 Å². The maximum Gasteiger partial charge on any atom is 0.228 e. The lowest BCUT2D eigenvalue weighted by molar-refractivity contribution is -0.133. The first-order valence-corrected chi connectivity index (χ1v) is 7.82. The molecule has 3 heterocycles. The van der Waals surface area contributed by atoms with Crippen molar-refractivity contribution in [3.63, 3.8) is 0 Å². The number of thiophene rings is 1. The van der Waals surface area contributed by atoms with Gasteiger partial charge >= 0.3 is 0 Å². The van der Waals surface area contributed by atoms with Crippen molar-refractivity contribution in [2.75, 3.05) is 0 Å². The second kappa shape index (κ2) is 5.10. The minimum Gasteiger partial charge on any atom is -0.340 e. The summed E-state index contributed by atoms with van der Waals surface area (Å²) < 4.78 is 0.678. The van der Waals surface area contributed by atoms with Crippen molar-refractivity contribution >= 4 is 39.0 Å². The third-order valence-electron chi connectivity index (χ3n) is 3.34. The van der Waals surface area contributed by atoms with Gasteiger partial charge in [-0.3, -0.25) is 9.59 Å². The smallest absolute Gasteiger partial charge is 0.228 e. The lowest BCUT2D eigenvalue weighted by Gasteiger charge is -2.36. The van der Waals surface area contributed by atoms with Crippen LogP contribution in [0.1, 0.15) is 24.1 Å². The number of amides is 1. The SMILES string of the molecule is O=C1CC(=O)N[C@@](c2ccsc2)(c2cccc(Br)n2)C1. The van der Waals surface area contributed by atoms with Crippen LogP contribution in [-0.2, 0) is 15.1 Å². The zero-order chi connectivity index (χ0) is 14.2. The fourth-order valence-corrected chi connectivity index (χ4v) is 3.57. The van der Waals surface area contributed by atoms with Crippen LogP contribution in [0.3, 0.4) is 0 Å². The molecule has 0 radical (unpaired) electrons. The Labute approximate surface area is 128 Å². The average Bonchev–Trinajstić information content (AvgIpc) is 2.91. The molecule has 0 saturated carbocycles. The van der Waals surface area contributed by atoms with E-state index in [-0.39, 0.29) is 24.5 Å². The second-order valence-corrected chi connectivity index (χ2v) is 6.30. The summed E-state index contributed by atoms with van der Waals surface area (Å²) in [6.07, 6.45) is 0.179. The first kappa shape index (κ1) is 13.5. The number of carbonyl (C=O) groups excluding carboxylic acids is 2. The third-order valence-corrected chi connectivity index (χ3v) is 4.46. The maximum atomic E-state index is 11.9. The van der Waals surface area contributed by atoms with Crippen molar-refractivity contribution in [2.24, 2.45) is 0 Å². The molecule has 1 aliphatic rings. The number of rotatable bonds is 2. The van der Waals surface area contributed by atoms with Crippen LogP contribution >= 0.6 is 27.3 Å². The summed E-state index contributed by atoms with van der Waals surface area (Å²) in [5, 5.41) is 6.85. The van der Waals surface area contributed by atoms with Gasteiger partial charge in [0.15, 0.2) is 0 Å². The van der Waals surface area contributed by atoms with Crippen LogP contribution in [0.2, 0.25) is 0 Å². The maximum absolute atomic E-state index is 11.9. The molecule has 1 aliphatic heterocycles. The van der Waals surface area contributed by atoms with E-state index in [4.69, 9.17) is 0 Å². The van der Waals surface area contributed by atoms with Crippen molar-refractivity contribution in [2.45, 2.75) is 18.4 Å². The van der Waals surface area contributed by atoms with Crippen molar-refractivity contribution in [1.82, 2.24) is 10.3 Å². The number of hydrogen-bond donors (Lipinski definition) is 1. The molecular formula is C14H11BrN2O2S. The molecule has 1 saturated heterocycles. The number of hydrogen-bond acceptors (Lipinski definition) is 4. The van der Waals surface area contributed by atoms with Gasteiger partial charge in [0.1, 0.15) is 15.9 Å². The molecule has 0 unspecified atom stereocenters. The van der Waals surface area contributed by atoms with Crippen LogP contribution in [0.15, 0.2) is 39.6 Å². The average molecular weight is 351 g/mol. The number of halogens is 1. The Bertz CT molecular complexity index is 654. The van der Waals surface area contributed by atoms with Gasteiger partial charge in [-0.2, -0.15) is 11.3 Å². The fourth-order valence-electron chi connectivity index (χ4n) is 2.49. The molecule has 2 aromatic heterocycles. The van der Waals surface area contributed by atoms with Gasteiger partial charge in [0.05, 0.1) is 12.1 Å². The van der Waals surface area contributed by atoms with Crippen LogP contribution < -0.4 is 5.32 Å². The summed E-state index contributed by atoms with van der Waals surface area (Å²) >= 11 is 4.87. The van der Waals surface area contributed by atoms with E-state index in [1.807, 2.05) is 35.0 Å². The molecule has 3 rings (SSSR count). The highest BCUT2D eigenvalue weighted by Gasteiger charge is 2.43. The van der Waals surface area contributed by atoms with E-state index in [2.05, 4.69) is 26.2 Å². The number of Topliss-reactive ketones (excluding diaryl/α,β-unsaturated/α-hetero) is 1. The quantitative estimate of drug-likeness (QED) is 0.668. The molecule has 102 valence electrons. The number of carbonyl (C=O) groups is 2. The van der Waals surface area contributed by atoms with Crippen LogP contribution in [0.25, 0.3) is 0 Å². The second-order valence-electron chi connectivity index (χ2n) is 4.70. The lowest BCUT2D eigenvalue weighted by Crippen LogP contribution is -2.53. The molecule has 6 heteroatoms. The molecule has 0 spiro atoms. The molecule has 4 nitrogen and oxygen atoms in total. The Morgan fingerprint density at radius 2 is 2.15 bits per heavy atom.